The maximum Gasteiger partial charge on any atom is 0.264 e. The number of ether oxygens (including phenoxy) is 1. The van der Waals surface area contributed by atoms with Crippen LogP contribution in [-0.4, -0.2) is 47.9 Å². The molecular formula is C15H16ClFN4O4. The molecule has 10 heteroatoms. The van der Waals surface area contributed by atoms with Gasteiger partial charge in [-0.25, -0.2) is 4.39 Å². The van der Waals surface area contributed by atoms with Crippen molar-refractivity contribution < 1.29 is 19.3 Å². The summed E-state index contributed by atoms with van der Waals surface area (Å²) in [6.45, 7) is 2.93. The fourth-order valence-corrected chi connectivity index (χ4v) is 3.36. The number of nitrogens with zero attached hydrogens (tertiary/aromatic N) is 2. The van der Waals surface area contributed by atoms with Crippen LogP contribution in [-0.2, 0) is 4.74 Å². The number of aromatic nitrogens is 3. The van der Waals surface area contributed by atoms with Gasteiger partial charge in [0, 0.05) is 6.20 Å². The lowest BCUT2D eigenvalue weighted by Gasteiger charge is -2.25. The minimum atomic E-state index is -1.69. The lowest BCUT2D eigenvalue weighted by atomic mass is 9.97. The molecule has 1 aliphatic rings. The number of aromatic amines is 1. The largest absolute Gasteiger partial charge is 0.391 e. The second-order valence-corrected chi connectivity index (χ2v) is 6.44. The third kappa shape index (κ3) is 2.58. The van der Waals surface area contributed by atoms with Gasteiger partial charge in [0.05, 0.1) is 6.10 Å². The standard InChI is InChI=1S/C15H16ClFN4O4/c1-3-4-15(16)10(23)9(6(2)22)25-13(15)21-5-7(17)8-11(21)19-14(18)20-12(8)24/h5-6,9-10,13,22-23H,1-2H3,(H3,18,19,20,24)/t6-,9+,10?,13+,15+/m0/s1. The lowest BCUT2D eigenvalue weighted by Crippen LogP contribution is -2.43. The van der Waals surface area contributed by atoms with Crippen LogP contribution < -0.4 is 11.3 Å². The first-order valence-corrected chi connectivity index (χ1v) is 7.78. The summed E-state index contributed by atoms with van der Waals surface area (Å²) in [6.07, 6.45) is -3.74. The van der Waals surface area contributed by atoms with E-state index < -0.39 is 40.8 Å². The van der Waals surface area contributed by atoms with E-state index in [0.29, 0.717) is 0 Å². The van der Waals surface area contributed by atoms with Gasteiger partial charge in [0.2, 0.25) is 5.95 Å². The molecule has 0 bridgehead atoms. The molecule has 0 aromatic carbocycles. The van der Waals surface area contributed by atoms with Crippen molar-refractivity contribution in [1.82, 2.24) is 14.5 Å². The van der Waals surface area contributed by atoms with E-state index in [-0.39, 0.29) is 17.0 Å². The maximum absolute atomic E-state index is 14.3. The number of H-pyrrole nitrogens is 1. The van der Waals surface area contributed by atoms with Crippen molar-refractivity contribution in [3.05, 3.63) is 22.4 Å². The first-order chi connectivity index (χ1) is 11.7. The third-order valence-electron chi connectivity index (χ3n) is 4.09. The molecule has 1 aliphatic heterocycles. The van der Waals surface area contributed by atoms with Gasteiger partial charge >= 0.3 is 0 Å². The van der Waals surface area contributed by atoms with Gasteiger partial charge in [-0.3, -0.25) is 14.3 Å². The van der Waals surface area contributed by atoms with Crippen molar-refractivity contribution >= 4 is 28.6 Å². The summed E-state index contributed by atoms with van der Waals surface area (Å²) < 4.78 is 21.1. The number of hydrogen-bond acceptors (Lipinski definition) is 6. The summed E-state index contributed by atoms with van der Waals surface area (Å²) in [5.41, 5.74) is 4.67. The van der Waals surface area contributed by atoms with Gasteiger partial charge in [0.25, 0.3) is 5.56 Å². The number of rotatable bonds is 2. The molecule has 0 saturated carbocycles. The molecule has 3 rings (SSSR count). The zero-order valence-electron chi connectivity index (χ0n) is 13.3. The Labute approximate surface area is 146 Å². The normalized spacial score (nSPS) is 30.2. The van der Waals surface area contributed by atoms with Crippen LogP contribution in [0.25, 0.3) is 11.0 Å². The van der Waals surface area contributed by atoms with Gasteiger partial charge in [-0.1, -0.05) is 17.5 Å². The van der Waals surface area contributed by atoms with Crippen LogP contribution in [0.3, 0.4) is 0 Å². The molecule has 25 heavy (non-hydrogen) atoms. The molecule has 0 aliphatic carbocycles. The van der Waals surface area contributed by atoms with Crippen molar-refractivity contribution in [3.8, 4) is 11.8 Å². The summed E-state index contributed by atoms with van der Waals surface area (Å²) in [7, 11) is 0. The SMILES string of the molecule is CC#C[C@@]1(Cl)C(O)[C@@H]([C@H](C)O)O[C@H]1n1cc(F)c2c(=O)[nH]c(N)nc21. The van der Waals surface area contributed by atoms with Crippen LogP contribution in [0.5, 0.6) is 0 Å². The molecule has 1 unspecified atom stereocenters. The number of alkyl halides is 1. The molecule has 0 amide bonds. The highest BCUT2D eigenvalue weighted by Crippen LogP contribution is 2.45. The van der Waals surface area contributed by atoms with Crippen LogP contribution in [0.15, 0.2) is 11.0 Å². The molecule has 5 N–H and O–H groups in total. The first kappa shape index (κ1) is 17.7. The highest BCUT2D eigenvalue weighted by atomic mass is 35.5. The molecule has 2 aromatic heterocycles. The molecule has 3 heterocycles. The van der Waals surface area contributed by atoms with Crippen molar-refractivity contribution in [3.63, 3.8) is 0 Å². The predicted octanol–water partition coefficient (Wildman–Crippen LogP) is 0.0859. The number of hydrogen-bond donors (Lipinski definition) is 4. The molecule has 2 aromatic rings. The molecule has 0 spiro atoms. The Morgan fingerprint density at radius 2 is 2.32 bits per heavy atom. The highest BCUT2D eigenvalue weighted by molar-refractivity contribution is 6.27. The summed E-state index contributed by atoms with van der Waals surface area (Å²) in [6, 6.07) is 0. The van der Waals surface area contributed by atoms with Crippen molar-refractivity contribution in [2.24, 2.45) is 0 Å². The number of anilines is 1. The zero-order valence-corrected chi connectivity index (χ0v) is 14.1. The van der Waals surface area contributed by atoms with E-state index in [0.717, 1.165) is 10.8 Å². The molecule has 8 nitrogen and oxygen atoms in total. The fraction of sp³-hybridized carbons (Fsp3) is 0.467. The van der Waals surface area contributed by atoms with E-state index in [1.54, 1.807) is 0 Å². The minimum absolute atomic E-state index is 0.106. The van der Waals surface area contributed by atoms with Crippen LogP contribution >= 0.6 is 11.6 Å². The number of fused-ring (bicyclic) bond motifs is 1. The Hall–Kier alpha value is -2.12. The van der Waals surface area contributed by atoms with E-state index in [4.69, 9.17) is 22.1 Å². The maximum atomic E-state index is 14.3. The Balaban J connectivity index is 2.25. The van der Waals surface area contributed by atoms with E-state index in [2.05, 4.69) is 21.8 Å². The molecule has 0 radical (unpaired) electrons. The number of halogens is 2. The van der Waals surface area contributed by atoms with E-state index >= 15 is 0 Å². The predicted molar refractivity (Wildman–Crippen MR) is 88.4 cm³/mol. The second-order valence-electron chi connectivity index (χ2n) is 5.82. The highest BCUT2D eigenvalue weighted by Gasteiger charge is 2.57. The van der Waals surface area contributed by atoms with Crippen LogP contribution in [0.2, 0.25) is 0 Å². The molecule has 1 fully saturated rings. The topological polar surface area (TPSA) is 126 Å². The van der Waals surface area contributed by atoms with E-state index in [1.807, 2.05) is 0 Å². The first-order valence-electron chi connectivity index (χ1n) is 7.41. The molecule has 1 saturated heterocycles. The van der Waals surface area contributed by atoms with E-state index in [1.165, 1.54) is 13.8 Å². The van der Waals surface area contributed by atoms with Gasteiger partial charge in [-0.2, -0.15) is 4.98 Å². The van der Waals surface area contributed by atoms with Crippen molar-refractivity contribution in [1.29, 1.82) is 0 Å². The Morgan fingerprint density at radius 3 is 2.92 bits per heavy atom. The van der Waals surface area contributed by atoms with Gasteiger partial charge in [-0.15, -0.1) is 5.92 Å². The van der Waals surface area contributed by atoms with Gasteiger partial charge < -0.3 is 20.7 Å². The lowest BCUT2D eigenvalue weighted by molar-refractivity contribution is -0.0752. The average molecular weight is 371 g/mol. The Kier molecular flexibility index (Phi) is 4.25. The molecule has 134 valence electrons. The second kappa shape index (κ2) is 6.00. The molecular weight excluding hydrogens is 355 g/mol. The van der Waals surface area contributed by atoms with Gasteiger partial charge in [0.15, 0.2) is 22.6 Å². The Bertz CT molecular complexity index is 947. The van der Waals surface area contributed by atoms with Crippen LogP contribution in [0.1, 0.15) is 20.1 Å². The van der Waals surface area contributed by atoms with Crippen LogP contribution in [0, 0.1) is 17.7 Å². The molecule has 5 atom stereocenters. The summed E-state index contributed by atoms with van der Waals surface area (Å²) >= 11 is 6.50. The third-order valence-corrected chi connectivity index (χ3v) is 4.59. The monoisotopic (exact) mass is 370 g/mol. The summed E-state index contributed by atoms with van der Waals surface area (Å²) in [5.74, 6) is 4.17. The minimum Gasteiger partial charge on any atom is -0.391 e. The smallest absolute Gasteiger partial charge is 0.264 e. The fourth-order valence-electron chi connectivity index (χ4n) is 2.99. The van der Waals surface area contributed by atoms with Crippen molar-refractivity contribution in [2.45, 2.75) is 43.3 Å². The van der Waals surface area contributed by atoms with Gasteiger partial charge in [-0.05, 0) is 13.8 Å². The summed E-state index contributed by atoms with van der Waals surface area (Å²) in [5, 5.41) is 20.0. The zero-order chi connectivity index (χ0) is 18.5. The average Bonchev–Trinajstić information content (AvgIpc) is 2.96. The quantitative estimate of drug-likeness (QED) is 0.438. The Morgan fingerprint density at radius 1 is 1.64 bits per heavy atom. The number of nitrogens with two attached hydrogens (primary N) is 1. The van der Waals surface area contributed by atoms with Crippen molar-refractivity contribution in [2.75, 3.05) is 5.73 Å². The number of aliphatic hydroxyl groups is 2. The van der Waals surface area contributed by atoms with Gasteiger partial charge in [0.1, 0.15) is 17.6 Å². The number of nitrogen functional groups attached to an aromatic ring is 1. The number of nitrogens with one attached hydrogen (secondary N) is 1. The summed E-state index contributed by atoms with van der Waals surface area (Å²) in [4.78, 5) is 16.4. The van der Waals surface area contributed by atoms with Crippen LogP contribution in [0.4, 0.5) is 10.3 Å². The number of aliphatic hydroxyl groups excluding tert-OH is 2. The van der Waals surface area contributed by atoms with E-state index in [9.17, 15) is 19.4 Å².